The van der Waals surface area contributed by atoms with E-state index in [-0.39, 0.29) is 6.10 Å². The zero-order chi connectivity index (χ0) is 19.1. The molecular weight excluding hydrogens is 332 g/mol. The summed E-state index contributed by atoms with van der Waals surface area (Å²) in [6.45, 7) is 5.62. The molecule has 0 amide bonds. The van der Waals surface area contributed by atoms with Crippen molar-refractivity contribution < 1.29 is 5.11 Å². The molecule has 1 N–H and O–H groups in total. The van der Waals surface area contributed by atoms with Gasteiger partial charge in [-0.2, -0.15) is 0 Å². The van der Waals surface area contributed by atoms with Gasteiger partial charge >= 0.3 is 0 Å². The molecular formula is C24H26N2O. The molecule has 1 heterocycles. The number of nitrogens with zero attached hydrogens (tertiary/aromatic N) is 2. The second-order valence-corrected chi connectivity index (χ2v) is 6.91. The van der Waals surface area contributed by atoms with Crippen LogP contribution in [0.5, 0.6) is 0 Å². The number of hydrogen-bond acceptors (Lipinski definition) is 3. The number of benzene rings is 2. The number of aliphatic hydroxyl groups is 1. The summed E-state index contributed by atoms with van der Waals surface area (Å²) in [4.78, 5) is 9.03. The molecule has 3 heteroatoms. The van der Waals surface area contributed by atoms with E-state index in [0.717, 1.165) is 42.6 Å². The smallest absolute Gasteiger partial charge is 0.159 e. The maximum absolute atomic E-state index is 9.26. The van der Waals surface area contributed by atoms with E-state index < -0.39 is 0 Å². The second-order valence-electron chi connectivity index (χ2n) is 6.91. The first kappa shape index (κ1) is 19.0. The molecule has 138 valence electrons. The van der Waals surface area contributed by atoms with Crippen molar-refractivity contribution in [3.8, 4) is 11.4 Å². The van der Waals surface area contributed by atoms with Gasteiger partial charge < -0.3 is 5.11 Å². The number of hydrogen-bond donors (Lipinski definition) is 1. The number of allylic oxidation sites excluding steroid dienone is 2. The van der Waals surface area contributed by atoms with Crippen molar-refractivity contribution >= 4 is 16.8 Å². The quantitative estimate of drug-likeness (QED) is 0.422. The van der Waals surface area contributed by atoms with Crippen LogP contribution in [-0.2, 0) is 6.42 Å². The fraction of sp³-hybridized carbons (Fsp3) is 0.250. The van der Waals surface area contributed by atoms with Crippen molar-refractivity contribution in [2.45, 2.75) is 38.7 Å². The molecule has 0 radical (unpaired) electrons. The van der Waals surface area contributed by atoms with Crippen LogP contribution in [0.1, 0.15) is 37.3 Å². The van der Waals surface area contributed by atoms with Gasteiger partial charge in [0.25, 0.3) is 0 Å². The van der Waals surface area contributed by atoms with Gasteiger partial charge in [-0.3, -0.25) is 0 Å². The average molecular weight is 358 g/mol. The summed E-state index contributed by atoms with van der Waals surface area (Å²) in [7, 11) is 0. The molecule has 1 unspecified atom stereocenters. The van der Waals surface area contributed by atoms with E-state index in [4.69, 9.17) is 0 Å². The number of aliphatic hydroxyl groups excluding tert-OH is 1. The molecule has 1 atom stereocenters. The SMILES string of the molecule is C=CCc1ccc2cc(-c3ncc(C=CCCCC(C)O)cn3)ccc2c1. The lowest BCUT2D eigenvalue weighted by Crippen LogP contribution is -1.97. The van der Waals surface area contributed by atoms with Crippen LogP contribution in [-0.4, -0.2) is 21.2 Å². The molecule has 3 nitrogen and oxygen atoms in total. The van der Waals surface area contributed by atoms with Crippen LogP contribution in [0.25, 0.3) is 28.2 Å². The fourth-order valence-corrected chi connectivity index (χ4v) is 3.05. The second kappa shape index (κ2) is 9.24. The summed E-state index contributed by atoms with van der Waals surface area (Å²) in [6, 6.07) is 12.8. The molecule has 0 spiro atoms. The largest absolute Gasteiger partial charge is 0.393 e. The summed E-state index contributed by atoms with van der Waals surface area (Å²) >= 11 is 0. The first-order valence-corrected chi connectivity index (χ1v) is 9.46. The maximum Gasteiger partial charge on any atom is 0.159 e. The lowest BCUT2D eigenvalue weighted by Gasteiger charge is -2.05. The molecule has 27 heavy (non-hydrogen) atoms. The normalized spacial score (nSPS) is 12.5. The Labute approximate surface area is 161 Å². The first-order valence-electron chi connectivity index (χ1n) is 9.46. The minimum Gasteiger partial charge on any atom is -0.393 e. The van der Waals surface area contributed by atoms with E-state index in [2.05, 4.69) is 59.0 Å². The number of rotatable bonds is 8. The van der Waals surface area contributed by atoms with Gasteiger partial charge in [0.2, 0.25) is 0 Å². The predicted octanol–water partition coefficient (Wildman–Crippen LogP) is 5.59. The van der Waals surface area contributed by atoms with E-state index in [1.807, 2.05) is 31.5 Å². The molecule has 2 aromatic carbocycles. The van der Waals surface area contributed by atoms with Crippen LogP contribution in [0.15, 0.2) is 67.5 Å². The van der Waals surface area contributed by atoms with E-state index >= 15 is 0 Å². The van der Waals surface area contributed by atoms with Crippen LogP contribution < -0.4 is 0 Å². The predicted molar refractivity (Wildman–Crippen MR) is 113 cm³/mol. The first-order chi connectivity index (χ1) is 13.2. The Morgan fingerprint density at radius 3 is 2.56 bits per heavy atom. The van der Waals surface area contributed by atoms with Crippen molar-refractivity contribution in [2.75, 3.05) is 0 Å². The third-order valence-electron chi connectivity index (χ3n) is 4.52. The van der Waals surface area contributed by atoms with Gasteiger partial charge in [-0.1, -0.05) is 48.6 Å². The highest BCUT2D eigenvalue weighted by atomic mass is 16.3. The molecule has 0 bridgehead atoms. The van der Waals surface area contributed by atoms with Gasteiger partial charge in [-0.15, -0.1) is 6.58 Å². The molecule has 0 aliphatic heterocycles. The van der Waals surface area contributed by atoms with Crippen LogP contribution in [0.3, 0.4) is 0 Å². The molecule has 1 aromatic heterocycles. The Morgan fingerprint density at radius 1 is 1.07 bits per heavy atom. The van der Waals surface area contributed by atoms with Crippen molar-refractivity contribution in [1.82, 2.24) is 9.97 Å². The highest BCUT2D eigenvalue weighted by molar-refractivity contribution is 5.87. The molecule has 0 fully saturated rings. The summed E-state index contributed by atoms with van der Waals surface area (Å²) in [5, 5.41) is 11.7. The standard InChI is InChI=1S/C24H26N2O/c1-3-7-19-10-11-22-15-23(13-12-21(22)14-19)24-25-16-20(17-26-24)9-6-4-5-8-18(2)27/h3,6,9-18,27H,1,4-5,7-8H2,2H3. The molecule has 3 rings (SSSR count). The monoisotopic (exact) mass is 358 g/mol. The van der Waals surface area contributed by atoms with E-state index in [0.29, 0.717) is 0 Å². The lowest BCUT2D eigenvalue weighted by molar-refractivity contribution is 0.182. The highest BCUT2D eigenvalue weighted by Crippen LogP contribution is 2.23. The fourth-order valence-electron chi connectivity index (χ4n) is 3.05. The number of aromatic nitrogens is 2. The Kier molecular flexibility index (Phi) is 6.50. The summed E-state index contributed by atoms with van der Waals surface area (Å²) in [5.74, 6) is 0.735. The Bertz CT molecular complexity index is 927. The van der Waals surface area contributed by atoms with Crippen LogP contribution in [0.4, 0.5) is 0 Å². The summed E-state index contributed by atoms with van der Waals surface area (Å²) in [5.41, 5.74) is 3.28. The van der Waals surface area contributed by atoms with Gasteiger partial charge in [0.15, 0.2) is 5.82 Å². The summed E-state index contributed by atoms with van der Waals surface area (Å²) in [6.07, 6.45) is 13.2. The van der Waals surface area contributed by atoms with Crippen molar-refractivity contribution in [3.63, 3.8) is 0 Å². The Morgan fingerprint density at radius 2 is 1.81 bits per heavy atom. The third-order valence-corrected chi connectivity index (χ3v) is 4.52. The highest BCUT2D eigenvalue weighted by Gasteiger charge is 2.03. The van der Waals surface area contributed by atoms with Gasteiger partial charge in [0.1, 0.15) is 0 Å². The van der Waals surface area contributed by atoms with Gasteiger partial charge in [-0.25, -0.2) is 9.97 Å². The molecule has 0 saturated carbocycles. The minimum atomic E-state index is -0.225. The van der Waals surface area contributed by atoms with Crippen LogP contribution >= 0.6 is 0 Å². The maximum atomic E-state index is 9.26. The van der Waals surface area contributed by atoms with Gasteiger partial charge in [-0.05, 0) is 55.0 Å². The van der Waals surface area contributed by atoms with E-state index in [1.165, 1.54) is 16.3 Å². The Balaban J connectivity index is 1.70. The molecule has 0 aliphatic carbocycles. The minimum absolute atomic E-state index is 0.225. The molecule has 0 saturated heterocycles. The van der Waals surface area contributed by atoms with Gasteiger partial charge in [0.05, 0.1) is 6.10 Å². The van der Waals surface area contributed by atoms with Gasteiger partial charge in [0, 0.05) is 23.5 Å². The number of fused-ring (bicyclic) bond motifs is 1. The van der Waals surface area contributed by atoms with E-state index in [9.17, 15) is 5.11 Å². The topological polar surface area (TPSA) is 46.0 Å². The third kappa shape index (κ3) is 5.35. The van der Waals surface area contributed by atoms with Crippen molar-refractivity contribution in [2.24, 2.45) is 0 Å². The average Bonchev–Trinajstić information content (AvgIpc) is 2.68. The zero-order valence-electron chi connectivity index (χ0n) is 15.8. The van der Waals surface area contributed by atoms with Crippen molar-refractivity contribution in [3.05, 3.63) is 78.6 Å². The molecule has 0 aliphatic rings. The van der Waals surface area contributed by atoms with Crippen LogP contribution in [0, 0.1) is 0 Å². The van der Waals surface area contributed by atoms with Crippen molar-refractivity contribution in [1.29, 1.82) is 0 Å². The zero-order valence-corrected chi connectivity index (χ0v) is 15.8. The lowest BCUT2D eigenvalue weighted by atomic mass is 10.0. The van der Waals surface area contributed by atoms with Crippen LogP contribution in [0.2, 0.25) is 0 Å². The number of unbranched alkanes of at least 4 members (excludes halogenated alkanes) is 1. The Hall–Kier alpha value is -2.78. The van der Waals surface area contributed by atoms with E-state index in [1.54, 1.807) is 0 Å². The molecule has 3 aromatic rings. The summed E-state index contributed by atoms with van der Waals surface area (Å²) < 4.78 is 0.